The Hall–Kier alpha value is -1.75. The first kappa shape index (κ1) is 10.8. The molecule has 4 nitrogen and oxygen atoms in total. The molecule has 0 bridgehead atoms. The van der Waals surface area contributed by atoms with Crippen LogP contribution in [0, 0.1) is 0 Å². The number of carbonyl (C=O) groups is 1. The van der Waals surface area contributed by atoms with E-state index in [4.69, 9.17) is 9.52 Å². The van der Waals surface area contributed by atoms with Crippen LogP contribution in [0.15, 0.2) is 33.6 Å². The summed E-state index contributed by atoms with van der Waals surface area (Å²) in [5.74, 6) is -0.716. The number of oxazole rings is 1. The molecule has 16 heavy (non-hydrogen) atoms. The van der Waals surface area contributed by atoms with Crippen molar-refractivity contribution < 1.29 is 14.3 Å². The average molecular weight is 235 g/mol. The van der Waals surface area contributed by atoms with E-state index in [0.717, 1.165) is 16.5 Å². The molecule has 1 aromatic carbocycles. The van der Waals surface area contributed by atoms with Crippen LogP contribution >= 0.6 is 11.8 Å². The van der Waals surface area contributed by atoms with E-state index < -0.39 is 5.97 Å². The van der Waals surface area contributed by atoms with Crippen molar-refractivity contribution in [3.63, 3.8) is 0 Å². The van der Waals surface area contributed by atoms with Crippen LogP contribution in [0.2, 0.25) is 0 Å². The van der Waals surface area contributed by atoms with Gasteiger partial charge in [-0.2, -0.15) is 0 Å². The van der Waals surface area contributed by atoms with Crippen molar-refractivity contribution in [2.45, 2.75) is 4.90 Å². The van der Waals surface area contributed by atoms with Crippen LogP contribution in [0.1, 0.15) is 5.89 Å². The van der Waals surface area contributed by atoms with E-state index >= 15 is 0 Å². The minimum Gasteiger partial charge on any atom is -0.478 e. The van der Waals surface area contributed by atoms with Crippen molar-refractivity contribution in [2.24, 2.45) is 0 Å². The van der Waals surface area contributed by atoms with Crippen molar-refractivity contribution in [2.75, 3.05) is 6.26 Å². The van der Waals surface area contributed by atoms with Gasteiger partial charge in [0, 0.05) is 12.2 Å². The third-order valence-electron chi connectivity index (χ3n) is 1.98. The number of aliphatic carboxylic acids is 1. The number of thioether (sulfide) groups is 1. The van der Waals surface area contributed by atoms with Gasteiger partial charge in [0.25, 0.3) is 0 Å². The van der Waals surface area contributed by atoms with Gasteiger partial charge < -0.3 is 9.52 Å². The standard InChI is InChI=1S/C11H9NO3S/c1-16-8-4-2-3-7-11(8)15-9(12-7)5-6-10(13)14/h2-6H,1H3,(H,13,14)/b6-5+. The molecule has 0 saturated heterocycles. The molecular weight excluding hydrogens is 226 g/mol. The zero-order valence-electron chi connectivity index (χ0n) is 8.51. The van der Waals surface area contributed by atoms with Gasteiger partial charge >= 0.3 is 5.97 Å². The van der Waals surface area contributed by atoms with Crippen molar-refractivity contribution in [3.05, 3.63) is 30.2 Å². The maximum atomic E-state index is 10.4. The lowest BCUT2D eigenvalue weighted by Crippen LogP contribution is -1.85. The molecule has 82 valence electrons. The molecule has 1 heterocycles. The summed E-state index contributed by atoms with van der Waals surface area (Å²) in [6.07, 6.45) is 4.29. The second-order valence-electron chi connectivity index (χ2n) is 3.03. The number of carboxylic acids is 1. The van der Waals surface area contributed by atoms with Gasteiger partial charge in [0.2, 0.25) is 5.89 Å². The van der Waals surface area contributed by atoms with Crippen LogP contribution in [-0.4, -0.2) is 22.3 Å². The van der Waals surface area contributed by atoms with Crippen molar-refractivity contribution in [3.8, 4) is 0 Å². The summed E-state index contributed by atoms with van der Waals surface area (Å²) in [5.41, 5.74) is 1.43. The molecule has 0 spiro atoms. The van der Waals surface area contributed by atoms with Crippen LogP contribution in [0.4, 0.5) is 0 Å². The van der Waals surface area contributed by atoms with E-state index in [9.17, 15) is 4.79 Å². The number of carboxylic acid groups (broad SMARTS) is 1. The molecule has 2 aromatic rings. The summed E-state index contributed by atoms with van der Waals surface area (Å²) in [4.78, 5) is 15.5. The predicted octanol–water partition coefficient (Wildman–Crippen LogP) is 2.65. The van der Waals surface area contributed by atoms with Gasteiger partial charge in [0.1, 0.15) is 5.52 Å². The molecule has 0 aliphatic heterocycles. The number of hydrogen-bond acceptors (Lipinski definition) is 4. The highest BCUT2D eigenvalue weighted by Gasteiger charge is 2.07. The van der Waals surface area contributed by atoms with Gasteiger partial charge in [-0.15, -0.1) is 11.8 Å². The quantitative estimate of drug-likeness (QED) is 0.654. The summed E-state index contributed by atoms with van der Waals surface area (Å²) in [6, 6.07) is 5.65. The van der Waals surface area contributed by atoms with Crippen molar-refractivity contribution in [1.82, 2.24) is 4.98 Å². The predicted molar refractivity (Wildman–Crippen MR) is 62.5 cm³/mol. The fourth-order valence-corrected chi connectivity index (χ4v) is 1.86. The molecule has 0 unspecified atom stereocenters. The van der Waals surface area contributed by atoms with E-state index in [1.54, 1.807) is 11.8 Å². The van der Waals surface area contributed by atoms with Gasteiger partial charge in [0.15, 0.2) is 5.58 Å². The summed E-state index contributed by atoms with van der Waals surface area (Å²) in [7, 11) is 0. The Bertz CT molecular complexity index is 559. The summed E-state index contributed by atoms with van der Waals surface area (Å²) >= 11 is 1.56. The lowest BCUT2D eigenvalue weighted by molar-refractivity contribution is -0.131. The van der Waals surface area contributed by atoms with Crippen LogP contribution in [0.3, 0.4) is 0 Å². The number of nitrogens with zero attached hydrogens (tertiary/aromatic N) is 1. The smallest absolute Gasteiger partial charge is 0.328 e. The fourth-order valence-electron chi connectivity index (χ4n) is 1.32. The second kappa shape index (κ2) is 4.40. The number of rotatable bonds is 3. The molecule has 0 radical (unpaired) electrons. The monoisotopic (exact) mass is 235 g/mol. The normalized spacial score (nSPS) is 11.3. The van der Waals surface area contributed by atoms with E-state index in [0.29, 0.717) is 11.5 Å². The number of fused-ring (bicyclic) bond motifs is 1. The topological polar surface area (TPSA) is 63.3 Å². The van der Waals surface area contributed by atoms with Gasteiger partial charge in [0.05, 0.1) is 4.90 Å². The number of para-hydroxylation sites is 1. The van der Waals surface area contributed by atoms with E-state index in [-0.39, 0.29) is 0 Å². The summed E-state index contributed by atoms with van der Waals surface area (Å²) < 4.78 is 5.46. The third-order valence-corrected chi connectivity index (χ3v) is 2.75. The highest BCUT2D eigenvalue weighted by molar-refractivity contribution is 7.98. The molecule has 0 amide bonds. The van der Waals surface area contributed by atoms with Crippen molar-refractivity contribution >= 4 is 34.9 Å². The lowest BCUT2D eigenvalue weighted by Gasteiger charge is -1.93. The lowest BCUT2D eigenvalue weighted by atomic mass is 10.3. The first-order valence-corrected chi connectivity index (χ1v) is 5.78. The van der Waals surface area contributed by atoms with Crippen molar-refractivity contribution in [1.29, 1.82) is 0 Å². The average Bonchev–Trinajstić information content (AvgIpc) is 2.68. The van der Waals surface area contributed by atoms with Gasteiger partial charge in [-0.05, 0) is 18.4 Å². The molecule has 1 aromatic heterocycles. The van der Waals surface area contributed by atoms with Crippen LogP contribution in [0.5, 0.6) is 0 Å². The maximum Gasteiger partial charge on any atom is 0.328 e. The Balaban J connectivity index is 2.47. The van der Waals surface area contributed by atoms with E-state index in [1.807, 2.05) is 24.5 Å². The number of benzene rings is 1. The van der Waals surface area contributed by atoms with E-state index in [1.165, 1.54) is 6.08 Å². The Labute approximate surface area is 96.0 Å². The Morgan fingerprint density at radius 3 is 3.06 bits per heavy atom. The Morgan fingerprint density at radius 1 is 1.56 bits per heavy atom. The summed E-state index contributed by atoms with van der Waals surface area (Å²) in [6.45, 7) is 0. The highest BCUT2D eigenvalue weighted by Crippen LogP contribution is 2.27. The van der Waals surface area contributed by atoms with Gasteiger partial charge in [-0.25, -0.2) is 9.78 Å². The molecule has 5 heteroatoms. The van der Waals surface area contributed by atoms with E-state index in [2.05, 4.69) is 4.98 Å². The molecule has 0 aliphatic rings. The van der Waals surface area contributed by atoms with Crippen LogP contribution < -0.4 is 0 Å². The summed E-state index contributed by atoms with van der Waals surface area (Å²) in [5, 5.41) is 8.49. The minimum atomic E-state index is -1.02. The maximum absolute atomic E-state index is 10.4. The Morgan fingerprint density at radius 2 is 2.38 bits per heavy atom. The SMILES string of the molecule is CSc1cccc2nc(/C=C/C(=O)O)oc12. The Kier molecular flexibility index (Phi) is 2.96. The molecule has 0 saturated carbocycles. The van der Waals surface area contributed by atoms with Crippen LogP contribution in [-0.2, 0) is 4.79 Å². The molecular formula is C11H9NO3S. The first-order chi connectivity index (χ1) is 7.70. The molecule has 2 rings (SSSR count). The van der Waals surface area contributed by atoms with Crippen LogP contribution in [0.25, 0.3) is 17.2 Å². The zero-order chi connectivity index (χ0) is 11.5. The first-order valence-electron chi connectivity index (χ1n) is 4.55. The highest BCUT2D eigenvalue weighted by atomic mass is 32.2. The van der Waals surface area contributed by atoms with Gasteiger partial charge in [-0.1, -0.05) is 6.07 Å². The molecule has 1 N–H and O–H groups in total. The third kappa shape index (κ3) is 2.09. The largest absolute Gasteiger partial charge is 0.478 e. The minimum absolute atomic E-state index is 0.305. The van der Waals surface area contributed by atoms with Gasteiger partial charge in [-0.3, -0.25) is 0 Å². The fraction of sp³-hybridized carbons (Fsp3) is 0.0909. The number of hydrogen-bond donors (Lipinski definition) is 1. The molecule has 0 atom stereocenters. The molecule has 0 aliphatic carbocycles. The second-order valence-corrected chi connectivity index (χ2v) is 3.88. The zero-order valence-corrected chi connectivity index (χ0v) is 9.32. The number of aromatic nitrogens is 1. The molecule has 0 fully saturated rings.